The van der Waals surface area contributed by atoms with Gasteiger partial charge < -0.3 is 15.0 Å². The molecule has 0 unspecified atom stereocenters. The number of aromatic amines is 1. The van der Waals surface area contributed by atoms with Crippen molar-refractivity contribution in [2.75, 3.05) is 7.11 Å². The van der Waals surface area contributed by atoms with Gasteiger partial charge in [-0.05, 0) is 48.7 Å². The van der Waals surface area contributed by atoms with Gasteiger partial charge in [-0.25, -0.2) is 9.18 Å². The predicted octanol–water partition coefficient (Wildman–Crippen LogP) is 5.30. The summed E-state index contributed by atoms with van der Waals surface area (Å²) in [5, 5.41) is 4.77. The van der Waals surface area contributed by atoms with Gasteiger partial charge in [0.2, 0.25) is 0 Å². The second-order valence-corrected chi connectivity index (χ2v) is 7.56. The number of methoxy groups -OCH3 is 1. The number of amides is 1. The lowest BCUT2D eigenvalue weighted by Crippen LogP contribution is -2.24. The topological polar surface area (TPSA) is 84.1 Å². The first-order valence-electron chi connectivity index (χ1n) is 9.76. The molecule has 3 rings (SSSR count). The molecule has 1 amide bonds. The Morgan fingerprint density at radius 2 is 2.16 bits per heavy atom. The maximum atomic E-state index is 13.6. The molecule has 0 radical (unpaired) electrons. The number of allylic oxidation sites excluding steroid dienone is 5. The average Bonchev–Trinajstić information content (AvgIpc) is 3.48. The number of nitrogens with one attached hydrogen (secondary N) is 2. The van der Waals surface area contributed by atoms with Crippen LogP contribution in [0.15, 0.2) is 72.0 Å². The zero-order valence-corrected chi connectivity index (χ0v) is 18.4. The van der Waals surface area contributed by atoms with Crippen LogP contribution in [-0.2, 0) is 11.3 Å². The van der Waals surface area contributed by atoms with Gasteiger partial charge in [0.15, 0.2) is 0 Å². The van der Waals surface area contributed by atoms with Gasteiger partial charge in [-0.3, -0.25) is 9.78 Å². The molecule has 0 aliphatic rings. The highest BCUT2D eigenvalue weighted by Gasteiger charge is 2.15. The van der Waals surface area contributed by atoms with E-state index in [1.807, 2.05) is 23.6 Å². The van der Waals surface area contributed by atoms with E-state index in [0.29, 0.717) is 22.5 Å². The van der Waals surface area contributed by atoms with E-state index in [9.17, 15) is 14.0 Å². The van der Waals surface area contributed by atoms with Gasteiger partial charge in [0.25, 0.3) is 5.91 Å². The van der Waals surface area contributed by atoms with Crippen LogP contribution in [-0.4, -0.2) is 29.0 Å². The van der Waals surface area contributed by atoms with Gasteiger partial charge in [0, 0.05) is 11.8 Å². The van der Waals surface area contributed by atoms with Crippen LogP contribution in [0.5, 0.6) is 0 Å². The molecule has 0 atom stereocenters. The summed E-state index contributed by atoms with van der Waals surface area (Å²) >= 11 is 1.54. The molecule has 32 heavy (non-hydrogen) atoms. The quantitative estimate of drug-likeness (QED) is 0.360. The number of halogens is 1. The third-order valence-electron chi connectivity index (χ3n) is 4.39. The first kappa shape index (κ1) is 22.9. The van der Waals surface area contributed by atoms with Crippen molar-refractivity contribution in [3.8, 4) is 10.6 Å². The zero-order valence-electron chi connectivity index (χ0n) is 17.6. The minimum Gasteiger partial charge on any atom is -0.465 e. The number of pyridine rings is 1. The van der Waals surface area contributed by atoms with Crippen molar-refractivity contribution in [1.82, 2.24) is 15.3 Å². The van der Waals surface area contributed by atoms with E-state index >= 15 is 0 Å². The Kier molecular flexibility index (Phi) is 7.88. The third-order valence-corrected chi connectivity index (χ3v) is 5.30. The number of hydrogen-bond donors (Lipinski definition) is 2. The zero-order chi connectivity index (χ0) is 22.9. The van der Waals surface area contributed by atoms with Gasteiger partial charge in [-0.1, -0.05) is 24.3 Å². The van der Waals surface area contributed by atoms with Crippen molar-refractivity contribution in [2.24, 2.45) is 0 Å². The van der Waals surface area contributed by atoms with Crippen LogP contribution >= 0.6 is 11.3 Å². The highest BCUT2D eigenvalue weighted by atomic mass is 32.1. The van der Waals surface area contributed by atoms with Crippen molar-refractivity contribution in [3.63, 3.8) is 0 Å². The lowest BCUT2D eigenvalue weighted by molar-refractivity contribution is 0.0600. The van der Waals surface area contributed by atoms with Crippen molar-refractivity contribution < 1.29 is 18.7 Å². The minimum absolute atomic E-state index is 0.173. The Hall–Kier alpha value is -3.78. The van der Waals surface area contributed by atoms with Crippen LogP contribution in [0.25, 0.3) is 16.6 Å². The molecule has 0 fully saturated rings. The number of carbonyl (C=O) groups is 2. The molecular formula is C24H22FN3O3S. The number of H-pyrrole nitrogens is 1. The van der Waals surface area contributed by atoms with Crippen LogP contribution in [0.3, 0.4) is 0 Å². The van der Waals surface area contributed by atoms with E-state index in [0.717, 1.165) is 10.6 Å². The second-order valence-electron chi connectivity index (χ2n) is 6.61. The summed E-state index contributed by atoms with van der Waals surface area (Å²) in [6.45, 7) is 1.91. The van der Waals surface area contributed by atoms with Gasteiger partial charge >= 0.3 is 5.97 Å². The Morgan fingerprint density at radius 3 is 2.81 bits per heavy atom. The van der Waals surface area contributed by atoms with Crippen molar-refractivity contribution >= 4 is 29.3 Å². The Balaban J connectivity index is 1.78. The minimum atomic E-state index is -0.475. The number of hydrogen-bond acceptors (Lipinski definition) is 5. The number of esters is 1. The van der Waals surface area contributed by atoms with E-state index in [-0.39, 0.29) is 18.3 Å². The summed E-state index contributed by atoms with van der Waals surface area (Å²) in [5.74, 6) is -1.19. The maximum Gasteiger partial charge on any atom is 0.339 e. The SMILES string of the molecule is C\C=C/C(F)=C\C=C\c1cc(-c2cccs2)[nH]c1C(=O)NCc1ccc(C(=O)OC)cn1. The molecule has 0 aromatic carbocycles. The molecule has 0 bridgehead atoms. The number of aromatic nitrogens is 2. The molecule has 3 heterocycles. The number of nitrogens with zero attached hydrogens (tertiary/aromatic N) is 1. The van der Waals surface area contributed by atoms with Gasteiger partial charge in [0.1, 0.15) is 11.5 Å². The number of rotatable bonds is 8. The molecule has 2 N–H and O–H groups in total. The fourth-order valence-corrected chi connectivity index (χ4v) is 3.54. The van der Waals surface area contributed by atoms with E-state index < -0.39 is 5.97 Å². The monoisotopic (exact) mass is 451 g/mol. The van der Waals surface area contributed by atoms with Gasteiger partial charge in [-0.2, -0.15) is 0 Å². The average molecular weight is 452 g/mol. The van der Waals surface area contributed by atoms with Crippen LogP contribution in [0.1, 0.15) is 39.0 Å². The van der Waals surface area contributed by atoms with Crippen LogP contribution in [0, 0.1) is 0 Å². The number of thiophene rings is 1. The predicted molar refractivity (Wildman–Crippen MR) is 124 cm³/mol. The van der Waals surface area contributed by atoms with Crippen LogP contribution < -0.4 is 5.32 Å². The first-order chi connectivity index (χ1) is 15.5. The molecular weight excluding hydrogens is 429 g/mol. The maximum absolute atomic E-state index is 13.6. The normalized spacial score (nSPS) is 11.9. The summed E-state index contributed by atoms with van der Waals surface area (Å²) < 4.78 is 18.3. The highest BCUT2D eigenvalue weighted by Crippen LogP contribution is 2.27. The lowest BCUT2D eigenvalue weighted by atomic mass is 10.2. The lowest BCUT2D eigenvalue weighted by Gasteiger charge is -2.05. The summed E-state index contributed by atoms with van der Waals surface area (Å²) in [6.07, 6.45) is 8.92. The van der Waals surface area contributed by atoms with Crippen LogP contribution in [0.4, 0.5) is 4.39 Å². The standard InChI is InChI=1S/C24H22FN3O3S/c1-3-6-18(25)8-4-7-16-13-20(21-9-5-12-32-21)28-22(16)23(29)27-15-19-11-10-17(14-26-19)24(30)31-2/h3-14,28H,15H2,1-2H3,(H,27,29)/b6-3-,7-4+,18-8+. The Morgan fingerprint density at radius 1 is 1.31 bits per heavy atom. The first-order valence-corrected chi connectivity index (χ1v) is 10.6. The molecule has 3 aromatic heterocycles. The van der Waals surface area contributed by atoms with E-state index in [1.54, 1.807) is 48.6 Å². The summed E-state index contributed by atoms with van der Waals surface area (Å²) in [5.41, 5.74) is 2.70. The summed E-state index contributed by atoms with van der Waals surface area (Å²) in [7, 11) is 1.30. The molecule has 0 spiro atoms. The smallest absolute Gasteiger partial charge is 0.339 e. The fourth-order valence-electron chi connectivity index (χ4n) is 2.84. The molecule has 0 saturated heterocycles. The molecule has 3 aromatic rings. The Bertz CT molecular complexity index is 1160. The van der Waals surface area contributed by atoms with E-state index in [1.165, 1.54) is 25.5 Å². The van der Waals surface area contributed by atoms with Crippen molar-refractivity contribution in [3.05, 3.63) is 94.6 Å². The molecule has 0 aliphatic heterocycles. The number of ether oxygens (including phenoxy) is 1. The number of carbonyl (C=O) groups excluding carboxylic acids is 2. The van der Waals surface area contributed by atoms with E-state index in [2.05, 4.69) is 20.0 Å². The summed E-state index contributed by atoms with van der Waals surface area (Å²) in [6, 6.07) is 8.96. The molecule has 164 valence electrons. The van der Waals surface area contributed by atoms with E-state index in [4.69, 9.17) is 0 Å². The largest absolute Gasteiger partial charge is 0.465 e. The van der Waals surface area contributed by atoms with Crippen molar-refractivity contribution in [1.29, 1.82) is 0 Å². The highest BCUT2D eigenvalue weighted by molar-refractivity contribution is 7.13. The molecule has 0 saturated carbocycles. The second kappa shape index (κ2) is 11.0. The van der Waals surface area contributed by atoms with Gasteiger partial charge in [0.05, 0.1) is 35.5 Å². The summed E-state index contributed by atoms with van der Waals surface area (Å²) in [4.78, 5) is 32.7. The molecule has 0 aliphatic carbocycles. The fraction of sp³-hybridized carbons (Fsp3) is 0.125. The van der Waals surface area contributed by atoms with Gasteiger partial charge in [-0.15, -0.1) is 11.3 Å². The third kappa shape index (κ3) is 5.89. The van der Waals surface area contributed by atoms with Crippen molar-refractivity contribution in [2.45, 2.75) is 13.5 Å². The van der Waals surface area contributed by atoms with Crippen LogP contribution in [0.2, 0.25) is 0 Å². The Labute approximate surface area is 189 Å². The molecule has 6 nitrogen and oxygen atoms in total. The molecule has 8 heteroatoms.